The van der Waals surface area contributed by atoms with Gasteiger partial charge in [0, 0.05) is 23.9 Å². The van der Waals surface area contributed by atoms with E-state index in [4.69, 9.17) is 0 Å². The lowest BCUT2D eigenvalue weighted by Crippen LogP contribution is -2.26. The van der Waals surface area contributed by atoms with Crippen LogP contribution in [0.15, 0.2) is 18.2 Å². The zero-order chi connectivity index (χ0) is 12.1. The molecule has 1 fully saturated rings. The molecule has 0 radical (unpaired) electrons. The Kier molecular flexibility index (Phi) is 4.75. The zero-order valence-corrected chi connectivity index (χ0v) is 11.2. The minimum absolute atomic E-state index is 0.402. The molecule has 1 aromatic carbocycles. The number of rotatable bonds is 4. The summed E-state index contributed by atoms with van der Waals surface area (Å²) in [6.07, 6.45) is 4.08. The van der Waals surface area contributed by atoms with Crippen molar-refractivity contribution in [3.05, 3.63) is 29.3 Å². The molecule has 2 rings (SSSR count). The van der Waals surface area contributed by atoms with Crippen molar-refractivity contribution in [2.24, 2.45) is 0 Å². The van der Waals surface area contributed by atoms with Gasteiger partial charge in [-0.3, -0.25) is 0 Å². The third kappa shape index (κ3) is 3.93. The van der Waals surface area contributed by atoms with E-state index in [0.717, 1.165) is 23.9 Å². The Bertz CT molecular complexity index is 361. The highest BCUT2D eigenvalue weighted by molar-refractivity contribution is 7.99. The van der Waals surface area contributed by atoms with Crippen LogP contribution in [0.5, 0.6) is 5.75 Å². The fourth-order valence-corrected chi connectivity index (χ4v) is 3.47. The quantitative estimate of drug-likeness (QED) is 0.862. The molecular formula is C14H21NOS. The second-order valence-electron chi connectivity index (χ2n) is 4.75. The first kappa shape index (κ1) is 12.8. The summed E-state index contributed by atoms with van der Waals surface area (Å²) in [5, 5.41) is 13.9. The normalized spacial score (nSPS) is 20.4. The molecule has 1 atom stereocenters. The van der Waals surface area contributed by atoms with Crippen molar-refractivity contribution in [2.45, 2.75) is 38.0 Å². The summed E-state index contributed by atoms with van der Waals surface area (Å²) in [5.74, 6) is 1.71. The summed E-state index contributed by atoms with van der Waals surface area (Å²) < 4.78 is 0. The predicted molar refractivity (Wildman–Crippen MR) is 74.6 cm³/mol. The van der Waals surface area contributed by atoms with Crippen LogP contribution >= 0.6 is 11.8 Å². The number of nitrogens with one attached hydrogen (secondary N) is 1. The van der Waals surface area contributed by atoms with Gasteiger partial charge in [-0.1, -0.05) is 24.1 Å². The van der Waals surface area contributed by atoms with E-state index in [9.17, 15) is 5.11 Å². The van der Waals surface area contributed by atoms with Crippen LogP contribution in [0.1, 0.15) is 30.4 Å². The number of aromatic hydroxyl groups is 1. The van der Waals surface area contributed by atoms with Crippen molar-refractivity contribution >= 4 is 11.8 Å². The number of hydrogen-bond acceptors (Lipinski definition) is 3. The van der Waals surface area contributed by atoms with Gasteiger partial charge in [0.05, 0.1) is 0 Å². The molecule has 94 valence electrons. The second kappa shape index (κ2) is 6.31. The van der Waals surface area contributed by atoms with Gasteiger partial charge >= 0.3 is 0 Å². The van der Waals surface area contributed by atoms with Gasteiger partial charge in [0.15, 0.2) is 0 Å². The van der Waals surface area contributed by atoms with Gasteiger partial charge in [-0.2, -0.15) is 11.8 Å². The first-order valence-corrected chi connectivity index (χ1v) is 7.41. The summed E-state index contributed by atoms with van der Waals surface area (Å²) in [6, 6.07) is 5.77. The van der Waals surface area contributed by atoms with Crippen molar-refractivity contribution in [1.82, 2.24) is 5.32 Å². The average molecular weight is 251 g/mol. The van der Waals surface area contributed by atoms with Gasteiger partial charge in [-0.05, 0) is 31.6 Å². The highest BCUT2D eigenvalue weighted by Crippen LogP contribution is 2.24. The van der Waals surface area contributed by atoms with Gasteiger partial charge in [-0.25, -0.2) is 0 Å². The van der Waals surface area contributed by atoms with Gasteiger partial charge in [0.25, 0.3) is 0 Å². The topological polar surface area (TPSA) is 32.3 Å². The molecule has 0 saturated carbocycles. The van der Waals surface area contributed by atoms with E-state index in [1.165, 1.54) is 30.6 Å². The van der Waals surface area contributed by atoms with Crippen LogP contribution in [0.2, 0.25) is 0 Å². The maximum atomic E-state index is 9.73. The molecule has 0 aliphatic carbocycles. The summed E-state index contributed by atoms with van der Waals surface area (Å²) in [6.45, 7) is 3.88. The first-order valence-electron chi connectivity index (χ1n) is 6.36. The molecule has 0 aromatic heterocycles. The highest BCUT2D eigenvalue weighted by atomic mass is 32.2. The molecule has 1 aromatic rings. The molecule has 3 heteroatoms. The maximum Gasteiger partial charge on any atom is 0.120 e. The Labute approximate surface area is 108 Å². The van der Waals surface area contributed by atoms with E-state index in [1.807, 2.05) is 6.07 Å². The van der Waals surface area contributed by atoms with Gasteiger partial charge < -0.3 is 10.4 Å². The predicted octanol–water partition coefficient (Wildman–Crippen LogP) is 3.08. The summed E-state index contributed by atoms with van der Waals surface area (Å²) in [5.41, 5.74) is 2.21. The zero-order valence-electron chi connectivity index (χ0n) is 10.4. The van der Waals surface area contributed by atoms with Crippen LogP contribution in [-0.2, 0) is 6.54 Å². The SMILES string of the molecule is Cc1ccc(O)c(CNCC2CCCCS2)c1. The van der Waals surface area contributed by atoms with Crippen LogP contribution in [0.4, 0.5) is 0 Å². The van der Waals surface area contributed by atoms with E-state index >= 15 is 0 Å². The highest BCUT2D eigenvalue weighted by Gasteiger charge is 2.13. The number of phenolic OH excluding ortho intramolecular Hbond substituents is 1. The van der Waals surface area contributed by atoms with E-state index in [1.54, 1.807) is 6.07 Å². The lowest BCUT2D eigenvalue weighted by Gasteiger charge is -2.21. The second-order valence-corrected chi connectivity index (χ2v) is 6.16. The Morgan fingerprint density at radius 3 is 3.06 bits per heavy atom. The molecule has 0 bridgehead atoms. The summed E-state index contributed by atoms with van der Waals surface area (Å²) in [4.78, 5) is 0. The molecule has 0 spiro atoms. The fourth-order valence-electron chi connectivity index (χ4n) is 2.19. The molecule has 2 nitrogen and oxygen atoms in total. The molecule has 1 heterocycles. The number of phenols is 1. The molecule has 1 unspecified atom stereocenters. The molecule has 1 aliphatic heterocycles. The average Bonchev–Trinajstić information content (AvgIpc) is 2.35. The van der Waals surface area contributed by atoms with Crippen LogP contribution in [-0.4, -0.2) is 22.7 Å². The molecular weight excluding hydrogens is 230 g/mol. The number of benzene rings is 1. The van der Waals surface area contributed by atoms with Crippen LogP contribution in [0.25, 0.3) is 0 Å². The van der Waals surface area contributed by atoms with E-state index in [2.05, 4.69) is 30.1 Å². The standard InChI is InChI=1S/C14H21NOS/c1-11-5-6-14(16)12(8-11)9-15-10-13-4-2-3-7-17-13/h5-6,8,13,15-16H,2-4,7,9-10H2,1H3. The van der Waals surface area contributed by atoms with Crippen LogP contribution in [0.3, 0.4) is 0 Å². The first-order chi connectivity index (χ1) is 8.25. The Morgan fingerprint density at radius 2 is 2.29 bits per heavy atom. The fraction of sp³-hybridized carbons (Fsp3) is 0.571. The Balaban J connectivity index is 1.79. The summed E-state index contributed by atoms with van der Waals surface area (Å²) >= 11 is 2.08. The van der Waals surface area contributed by atoms with Crippen LogP contribution in [0, 0.1) is 6.92 Å². The maximum absolute atomic E-state index is 9.73. The van der Waals surface area contributed by atoms with Gasteiger partial charge in [0.1, 0.15) is 5.75 Å². The van der Waals surface area contributed by atoms with E-state index in [-0.39, 0.29) is 0 Å². The minimum atomic E-state index is 0.402. The molecule has 0 amide bonds. The molecule has 1 saturated heterocycles. The van der Waals surface area contributed by atoms with Gasteiger partial charge in [0.2, 0.25) is 0 Å². The molecule has 1 aliphatic rings. The monoisotopic (exact) mass is 251 g/mol. The summed E-state index contributed by atoms with van der Waals surface area (Å²) in [7, 11) is 0. The third-order valence-corrected chi connectivity index (χ3v) is 4.59. The minimum Gasteiger partial charge on any atom is -0.508 e. The van der Waals surface area contributed by atoms with Gasteiger partial charge in [-0.15, -0.1) is 0 Å². The number of hydrogen-bond donors (Lipinski definition) is 2. The molecule has 17 heavy (non-hydrogen) atoms. The smallest absolute Gasteiger partial charge is 0.120 e. The van der Waals surface area contributed by atoms with Crippen molar-refractivity contribution < 1.29 is 5.11 Å². The Hall–Kier alpha value is -0.670. The van der Waals surface area contributed by atoms with Crippen molar-refractivity contribution in [3.8, 4) is 5.75 Å². The van der Waals surface area contributed by atoms with Crippen molar-refractivity contribution in [3.63, 3.8) is 0 Å². The number of aryl methyl sites for hydroxylation is 1. The van der Waals surface area contributed by atoms with E-state index < -0.39 is 0 Å². The lowest BCUT2D eigenvalue weighted by molar-refractivity contribution is 0.463. The lowest BCUT2D eigenvalue weighted by atomic mass is 10.1. The van der Waals surface area contributed by atoms with Crippen LogP contribution < -0.4 is 5.32 Å². The van der Waals surface area contributed by atoms with E-state index in [0.29, 0.717) is 5.75 Å². The number of thioether (sulfide) groups is 1. The van der Waals surface area contributed by atoms with Crippen molar-refractivity contribution in [2.75, 3.05) is 12.3 Å². The van der Waals surface area contributed by atoms with Crippen molar-refractivity contribution in [1.29, 1.82) is 0 Å². The molecule has 2 N–H and O–H groups in total. The Morgan fingerprint density at radius 1 is 1.41 bits per heavy atom. The largest absolute Gasteiger partial charge is 0.508 e. The third-order valence-electron chi connectivity index (χ3n) is 3.20.